The molecule has 1 rings (SSSR count). The minimum atomic E-state index is -0.809. The number of carboxylic acids is 1. The Balaban J connectivity index is 2.47. The van der Waals surface area contributed by atoms with Crippen LogP contribution in [-0.2, 0) is 11.2 Å². The summed E-state index contributed by atoms with van der Waals surface area (Å²) in [6.45, 7) is 2.04. The molecule has 0 aliphatic rings. The van der Waals surface area contributed by atoms with Crippen LogP contribution < -0.4 is 10.6 Å². The molecule has 3 N–H and O–H groups in total. The number of hydrogen-bond donors (Lipinski definition) is 3. The monoisotopic (exact) mass is 310 g/mol. The molecule has 1 aromatic carbocycles. The van der Waals surface area contributed by atoms with Gasteiger partial charge in [0.05, 0.1) is 0 Å². The Morgan fingerprint density at radius 3 is 2.48 bits per heavy atom. The smallest absolute Gasteiger partial charge is 0.319 e. The van der Waals surface area contributed by atoms with E-state index >= 15 is 0 Å². The van der Waals surface area contributed by atoms with E-state index in [4.69, 9.17) is 5.11 Å². The number of amides is 2. The van der Waals surface area contributed by atoms with Gasteiger partial charge in [-0.1, -0.05) is 19.1 Å². The Kier molecular flexibility index (Phi) is 7.68. The minimum Gasteiger partial charge on any atom is -0.481 e. The Hall–Kier alpha value is -1.69. The normalized spacial score (nSPS) is 11.7. The molecular formula is C15H22N2O3S. The molecule has 0 radical (unpaired) electrons. The van der Waals surface area contributed by atoms with Gasteiger partial charge in [-0.15, -0.1) is 0 Å². The number of anilines is 1. The summed E-state index contributed by atoms with van der Waals surface area (Å²) >= 11 is 1.70. The van der Waals surface area contributed by atoms with Crippen molar-refractivity contribution in [2.75, 3.05) is 17.3 Å². The zero-order valence-corrected chi connectivity index (χ0v) is 13.2. The van der Waals surface area contributed by atoms with Crippen LogP contribution in [0.3, 0.4) is 0 Å². The van der Waals surface area contributed by atoms with Gasteiger partial charge in [-0.05, 0) is 36.8 Å². The lowest BCUT2D eigenvalue weighted by Gasteiger charge is -2.16. The standard InChI is InChI=1S/C15H22N2O3S/c1-3-12(10-21-2)16-15(20)17-13-7-4-11(5-8-13)6-9-14(18)19/h4-5,7-8,12H,3,6,9-10H2,1-2H3,(H,18,19)(H2,16,17,20). The fourth-order valence-corrected chi connectivity index (χ4v) is 2.54. The average Bonchev–Trinajstić information content (AvgIpc) is 2.46. The quantitative estimate of drug-likeness (QED) is 0.690. The molecule has 0 fully saturated rings. The number of urea groups is 1. The first-order valence-electron chi connectivity index (χ1n) is 6.92. The third-order valence-electron chi connectivity index (χ3n) is 3.04. The number of carboxylic acid groups (broad SMARTS) is 1. The summed E-state index contributed by atoms with van der Waals surface area (Å²) in [6, 6.07) is 7.18. The van der Waals surface area contributed by atoms with Crippen LogP contribution in [0.2, 0.25) is 0 Å². The molecule has 2 amide bonds. The number of thioether (sulfide) groups is 1. The molecule has 1 aromatic rings. The third kappa shape index (κ3) is 7.04. The third-order valence-corrected chi connectivity index (χ3v) is 3.77. The molecule has 0 saturated carbocycles. The average molecular weight is 310 g/mol. The number of hydrogen-bond acceptors (Lipinski definition) is 3. The van der Waals surface area contributed by atoms with E-state index in [9.17, 15) is 9.59 Å². The van der Waals surface area contributed by atoms with Gasteiger partial charge >= 0.3 is 12.0 Å². The summed E-state index contributed by atoms with van der Waals surface area (Å²) in [5.74, 6) is 0.0777. The van der Waals surface area contributed by atoms with Crippen molar-refractivity contribution in [3.8, 4) is 0 Å². The second-order valence-corrected chi connectivity index (χ2v) is 5.66. The van der Waals surface area contributed by atoms with Gasteiger partial charge in [0.25, 0.3) is 0 Å². The zero-order chi connectivity index (χ0) is 15.7. The topological polar surface area (TPSA) is 78.4 Å². The van der Waals surface area contributed by atoms with Crippen molar-refractivity contribution < 1.29 is 14.7 Å². The lowest BCUT2D eigenvalue weighted by atomic mass is 10.1. The van der Waals surface area contributed by atoms with Crippen molar-refractivity contribution in [2.45, 2.75) is 32.2 Å². The first-order chi connectivity index (χ1) is 10.0. The van der Waals surface area contributed by atoms with Gasteiger partial charge in [0.2, 0.25) is 0 Å². The molecule has 5 nitrogen and oxygen atoms in total. The molecule has 6 heteroatoms. The molecule has 116 valence electrons. The van der Waals surface area contributed by atoms with Crippen LogP contribution in [0.1, 0.15) is 25.3 Å². The summed E-state index contributed by atoms with van der Waals surface area (Å²) in [5, 5.41) is 14.3. The molecule has 0 saturated heterocycles. The maximum Gasteiger partial charge on any atom is 0.319 e. The van der Waals surface area contributed by atoms with E-state index in [1.54, 1.807) is 23.9 Å². The number of carbonyl (C=O) groups is 2. The fraction of sp³-hybridized carbons (Fsp3) is 0.467. The summed E-state index contributed by atoms with van der Waals surface area (Å²) in [6.07, 6.45) is 3.51. The van der Waals surface area contributed by atoms with Crippen LogP contribution in [0.25, 0.3) is 0 Å². The van der Waals surface area contributed by atoms with Crippen LogP contribution in [0, 0.1) is 0 Å². The predicted molar refractivity (Wildman–Crippen MR) is 87.0 cm³/mol. The van der Waals surface area contributed by atoms with Gasteiger partial charge in [-0.25, -0.2) is 4.79 Å². The molecule has 1 atom stereocenters. The lowest BCUT2D eigenvalue weighted by Crippen LogP contribution is -2.39. The summed E-state index contributed by atoms with van der Waals surface area (Å²) in [5.41, 5.74) is 1.64. The Bertz CT molecular complexity index is 462. The van der Waals surface area contributed by atoms with Crippen molar-refractivity contribution in [3.63, 3.8) is 0 Å². The number of carbonyl (C=O) groups excluding carboxylic acids is 1. The number of aliphatic carboxylic acids is 1. The number of benzene rings is 1. The van der Waals surface area contributed by atoms with Crippen molar-refractivity contribution >= 4 is 29.4 Å². The summed E-state index contributed by atoms with van der Waals surface area (Å²) < 4.78 is 0. The molecule has 0 spiro atoms. The van der Waals surface area contributed by atoms with Gasteiger partial charge in [0.1, 0.15) is 0 Å². The Labute approximate surface area is 129 Å². The first-order valence-corrected chi connectivity index (χ1v) is 8.31. The maximum absolute atomic E-state index is 11.8. The lowest BCUT2D eigenvalue weighted by molar-refractivity contribution is -0.136. The Morgan fingerprint density at radius 1 is 1.29 bits per heavy atom. The molecule has 0 heterocycles. The highest BCUT2D eigenvalue weighted by molar-refractivity contribution is 7.98. The van der Waals surface area contributed by atoms with Gasteiger partial charge in [-0.3, -0.25) is 4.79 Å². The zero-order valence-electron chi connectivity index (χ0n) is 12.4. The van der Waals surface area contributed by atoms with Gasteiger partial charge < -0.3 is 15.7 Å². The van der Waals surface area contributed by atoms with Crippen LogP contribution in [-0.4, -0.2) is 35.2 Å². The SMILES string of the molecule is CCC(CSC)NC(=O)Nc1ccc(CCC(=O)O)cc1. The molecule has 21 heavy (non-hydrogen) atoms. The fourth-order valence-electron chi connectivity index (χ4n) is 1.82. The van der Waals surface area contributed by atoms with Crippen molar-refractivity contribution in [1.82, 2.24) is 5.32 Å². The predicted octanol–water partition coefficient (Wildman–Crippen LogP) is 2.97. The summed E-state index contributed by atoms with van der Waals surface area (Å²) in [7, 11) is 0. The number of aryl methyl sites for hydroxylation is 1. The molecular weight excluding hydrogens is 288 g/mol. The molecule has 1 unspecified atom stereocenters. The van der Waals surface area contributed by atoms with Crippen LogP contribution in [0.4, 0.5) is 10.5 Å². The maximum atomic E-state index is 11.8. The highest BCUT2D eigenvalue weighted by Gasteiger charge is 2.09. The second-order valence-electron chi connectivity index (χ2n) is 4.75. The molecule has 0 aliphatic carbocycles. The van der Waals surface area contributed by atoms with E-state index in [2.05, 4.69) is 10.6 Å². The van der Waals surface area contributed by atoms with Crippen LogP contribution >= 0.6 is 11.8 Å². The molecule has 0 aliphatic heterocycles. The van der Waals surface area contributed by atoms with E-state index in [-0.39, 0.29) is 18.5 Å². The second kappa shape index (κ2) is 9.28. The molecule has 0 aromatic heterocycles. The van der Waals surface area contributed by atoms with Crippen molar-refractivity contribution in [3.05, 3.63) is 29.8 Å². The largest absolute Gasteiger partial charge is 0.481 e. The van der Waals surface area contributed by atoms with Crippen molar-refractivity contribution in [1.29, 1.82) is 0 Å². The summed E-state index contributed by atoms with van der Waals surface area (Å²) in [4.78, 5) is 22.3. The Morgan fingerprint density at radius 2 is 1.95 bits per heavy atom. The first kappa shape index (κ1) is 17.4. The van der Waals surface area contributed by atoms with E-state index in [0.29, 0.717) is 12.1 Å². The van der Waals surface area contributed by atoms with Crippen molar-refractivity contribution in [2.24, 2.45) is 0 Å². The minimum absolute atomic E-state index is 0.111. The number of nitrogens with one attached hydrogen (secondary N) is 2. The van der Waals surface area contributed by atoms with E-state index in [0.717, 1.165) is 17.7 Å². The van der Waals surface area contributed by atoms with Gasteiger partial charge in [0, 0.05) is 23.9 Å². The highest BCUT2D eigenvalue weighted by atomic mass is 32.2. The number of rotatable bonds is 8. The van der Waals surface area contributed by atoms with Crippen LogP contribution in [0.15, 0.2) is 24.3 Å². The highest BCUT2D eigenvalue weighted by Crippen LogP contribution is 2.11. The van der Waals surface area contributed by atoms with E-state index in [1.165, 1.54) is 0 Å². The molecule has 0 bridgehead atoms. The van der Waals surface area contributed by atoms with Crippen LogP contribution in [0.5, 0.6) is 0 Å². The van der Waals surface area contributed by atoms with E-state index < -0.39 is 5.97 Å². The van der Waals surface area contributed by atoms with Gasteiger partial charge in [-0.2, -0.15) is 11.8 Å². The van der Waals surface area contributed by atoms with E-state index in [1.807, 2.05) is 25.3 Å². The van der Waals surface area contributed by atoms with Gasteiger partial charge in [0.15, 0.2) is 0 Å².